The van der Waals surface area contributed by atoms with Crippen LogP contribution in [0.3, 0.4) is 0 Å². The molecule has 0 fully saturated rings. The van der Waals surface area contributed by atoms with Gasteiger partial charge in [-0.2, -0.15) is 0 Å². The third-order valence-electron chi connectivity index (χ3n) is 7.82. The van der Waals surface area contributed by atoms with Crippen LogP contribution < -0.4 is 0 Å². The number of hydrogen-bond acceptors (Lipinski definition) is 3. The molecule has 0 saturated carbocycles. The van der Waals surface area contributed by atoms with Crippen LogP contribution in [0.1, 0.15) is 194 Å². The van der Waals surface area contributed by atoms with E-state index in [9.17, 15) is 9.46 Å². The Hall–Kier alpha value is 0.370. The molecular formula is C36H71O2PS2. The zero-order valence-electron chi connectivity index (χ0n) is 27.6. The Bertz CT molecular complexity index is 560. The maximum atomic E-state index is 12.4. The molecule has 0 saturated heterocycles. The molecule has 0 aliphatic carbocycles. The van der Waals surface area contributed by atoms with Crippen LogP contribution in [-0.2, 0) is 4.57 Å². The van der Waals surface area contributed by atoms with Crippen LogP contribution in [0.5, 0.6) is 0 Å². The lowest BCUT2D eigenvalue weighted by Crippen LogP contribution is -1.85. The predicted molar refractivity (Wildman–Crippen MR) is 194 cm³/mol. The molecule has 0 atom stereocenters. The molecule has 0 aromatic rings. The standard InChI is InChI=1S/C36H71O2PS2/c1-3-5-7-9-11-13-15-17-19-21-23-25-27-29-31-33-35-40-39(37,38)41-36-34-32-30-28-26-24-22-20-18-16-14-12-10-8-6-4-2/h17-20H,3-16,21-36H2,1-2H3,(H,37,38)/b19-17-,20-18-. The van der Waals surface area contributed by atoms with Gasteiger partial charge in [0.2, 0.25) is 0 Å². The molecule has 0 amide bonds. The molecule has 0 unspecified atom stereocenters. The summed E-state index contributed by atoms with van der Waals surface area (Å²) in [6.45, 7) is 4.55. The van der Waals surface area contributed by atoms with Crippen molar-refractivity contribution in [3.63, 3.8) is 0 Å². The minimum absolute atomic E-state index is 0.829. The van der Waals surface area contributed by atoms with Crippen LogP contribution in [0.4, 0.5) is 0 Å². The highest BCUT2D eigenvalue weighted by Crippen LogP contribution is 2.65. The zero-order chi connectivity index (χ0) is 30.0. The van der Waals surface area contributed by atoms with Crippen molar-refractivity contribution in [3.05, 3.63) is 24.3 Å². The first kappa shape index (κ1) is 41.4. The van der Waals surface area contributed by atoms with Crippen LogP contribution >= 0.6 is 28.5 Å². The molecule has 0 heterocycles. The van der Waals surface area contributed by atoms with E-state index in [1.807, 2.05) is 0 Å². The van der Waals surface area contributed by atoms with Gasteiger partial charge in [0.25, 0.3) is 0 Å². The molecular weight excluding hydrogens is 560 g/mol. The maximum Gasteiger partial charge on any atom is 0.310 e. The predicted octanol–water partition coefficient (Wildman–Crippen LogP) is 14.6. The zero-order valence-corrected chi connectivity index (χ0v) is 30.2. The van der Waals surface area contributed by atoms with Crippen LogP contribution in [0.2, 0.25) is 0 Å². The lowest BCUT2D eigenvalue weighted by molar-refractivity contribution is 0.514. The topological polar surface area (TPSA) is 37.3 Å². The number of hydrogen-bond donors (Lipinski definition) is 1. The van der Waals surface area contributed by atoms with Crippen LogP contribution in [0.25, 0.3) is 0 Å². The Morgan fingerprint density at radius 3 is 0.951 bits per heavy atom. The second-order valence-electron chi connectivity index (χ2n) is 12.0. The summed E-state index contributed by atoms with van der Waals surface area (Å²) in [5, 5.41) is 0. The molecule has 1 N–H and O–H groups in total. The minimum Gasteiger partial charge on any atom is -0.329 e. The van der Waals surface area contributed by atoms with E-state index < -0.39 is 5.77 Å². The lowest BCUT2D eigenvalue weighted by Gasteiger charge is -2.10. The van der Waals surface area contributed by atoms with Crippen LogP contribution in [0, 0.1) is 0 Å². The van der Waals surface area contributed by atoms with E-state index in [1.165, 1.54) is 190 Å². The molecule has 0 aliphatic rings. The van der Waals surface area contributed by atoms with Crippen LogP contribution in [0.15, 0.2) is 24.3 Å². The summed E-state index contributed by atoms with van der Waals surface area (Å²) in [5.74, 6) is -1.40. The van der Waals surface area contributed by atoms with Gasteiger partial charge in [0.15, 0.2) is 0 Å². The highest BCUT2D eigenvalue weighted by molar-refractivity contribution is 8.88. The third-order valence-corrected chi connectivity index (χ3v) is 14.4. The van der Waals surface area contributed by atoms with Gasteiger partial charge in [-0.25, -0.2) is 0 Å². The second kappa shape index (κ2) is 34.9. The van der Waals surface area contributed by atoms with E-state index in [0.29, 0.717) is 0 Å². The Morgan fingerprint density at radius 2 is 0.659 bits per heavy atom. The van der Waals surface area contributed by atoms with Gasteiger partial charge in [-0.1, -0.05) is 176 Å². The van der Waals surface area contributed by atoms with Gasteiger partial charge in [-0.05, 0) is 64.2 Å². The summed E-state index contributed by atoms with van der Waals surface area (Å²) in [6, 6.07) is 0. The third kappa shape index (κ3) is 36.5. The number of allylic oxidation sites excluding steroid dienone is 4. The summed E-state index contributed by atoms with van der Waals surface area (Å²) >= 11 is 2.62. The molecule has 0 radical (unpaired) electrons. The first-order valence-electron chi connectivity index (χ1n) is 18.0. The summed E-state index contributed by atoms with van der Waals surface area (Å²) in [5.41, 5.74) is 0. The maximum absolute atomic E-state index is 12.4. The van der Waals surface area contributed by atoms with Gasteiger partial charge in [0.1, 0.15) is 0 Å². The Morgan fingerprint density at radius 1 is 0.415 bits per heavy atom. The molecule has 2 nitrogen and oxygen atoms in total. The Kier molecular flexibility index (Phi) is 35.2. The summed E-state index contributed by atoms with van der Waals surface area (Å²) < 4.78 is 12.4. The first-order valence-corrected chi connectivity index (χ1v) is 22.9. The van der Waals surface area contributed by atoms with Crippen molar-refractivity contribution >= 4 is 28.5 Å². The van der Waals surface area contributed by atoms with E-state index in [2.05, 4.69) is 38.2 Å². The molecule has 0 aliphatic heterocycles. The van der Waals surface area contributed by atoms with E-state index in [1.54, 1.807) is 0 Å². The van der Waals surface area contributed by atoms with E-state index in [-0.39, 0.29) is 0 Å². The van der Waals surface area contributed by atoms with Crippen molar-refractivity contribution in [2.45, 2.75) is 194 Å². The minimum atomic E-state index is -3.05. The Balaban J connectivity index is 3.35. The fourth-order valence-corrected chi connectivity index (χ4v) is 10.7. The van der Waals surface area contributed by atoms with E-state index in [0.717, 1.165) is 24.3 Å². The van der Waals surface area contributed by atoms with Gasteiger partial charge >= 0.3 is 5.77 Å². The molecule has 0 aromatic heterocycles. The molecule has 244 valence electrons. The molecule has 5 heteroatoms. The van der Waals surface area contributed by atoms with Crippen molar-refractivity contribution in [3.8, 4) is 0 Å². The van der Waals surface area contributed by atoms with E-state index >= 15 is 0 Å². The van der Waals surface area contributed by atoms with Crippen molar-refractivity contribution < 1.29 is 9.46 Å². The van der Waals surface area contributed by atoms with Crippen LogP contribution in [-0.4, -0.2) is 16.4 Å². The first-order chi connectivity index (χ1) is 20.1. The summed E-state index contributed by atoms with van der Waals surface area (Å²) in [6.07, 6.45) is 46.1. The average molecular weight is 631 g/mol. The highest BCUT2D eigenvalue weighted by Gasteiger charge is 2.18. The summed E-state index contributed by atoms with van der Waals surface area (Å²) in [4.78, 5) is 10.2. The van der Waals surface area contributed by atoms with Gasteiger partial charge in [-0.15, -0.1) is 0 Å². The Labute approximate surface area is 266 Å². The number of unbranched alkanes of at least 4 members (excludes halogenated alkanes) is 24. The smallest absolute Gasteiger partial charge is 0.310 e. The quantitative estimate of drug-likeness (QED) is 0.0436. The van der Waals surface area contributed by atoms with Crippen molar-refractivity contribution in [2.75, 3.05) is 11.5 Å². The number of rotatable bonds is 34. The van der Waals surface area contributed by atoms with Crippen molar-refractivity contribution in [1.29, 1.82) is 0 Å². The van der Waals surface area contributed by atoms with E-state index in [4.69, 9.17) is 0 Å². The lowest BCUT2D eigenvalue weighted by atomic mass is 10.1. The normalized spacial score (nSPS) is 12.4. The van der Waals surface area contributed by atoms with Gasteiger partial charge < -0.3 is 4.89 Å². The van der Waals surface area contributed by atoms with Gasteiger partial charge in [0.05, 0.1) is 0 Å². The fourth-order valence-electron chi connectivity index (χ4n) is 5.10. The highest BCUT2D eigenvalue weighted by atomic mass is 33.1. The van der Waals surface area contributed by atoms with Crippen molar-refractivity contribution in [1.82, 2.24) is 0 Å². The van der Waals surface area contributed by atoms with Crippen molar-refractivity contribution in [2.24, 2.45) is 0 Å². The molecule has 41 heavy (non-hydrogen) atoms. The largest absolute Gasteiger partial charge is 0.329 e. The van der Waals surface area contributed by atoms with Gasteiger partial charge in [0, 0.05) is 11.5 Å². The molecule has 0 rings (SSSR count). The molecule has 0 bridgehead atoms. The SMILES string of the molecule is CCCCCCCC/C=C\CCCCCCCCSP(=O)(O)SCCCCCCCC/C=C\CCCCCCCC. The average Bonchev–Trinajstić information content (AvgIpc) is 2.96. The molecule has 0 aromatic carbocycles. The second-order valence-corrected chi connectivity index (χ2v) is 19.5. The summed E-state index contributed by atoms with van der Waals surface area (Å²) in [7, 11) is 0. The monoisotopic (exact) mass is 630 g/mol. The molecule has 0 spiro atoms. The fraction of sp³-hybridized carbons (Fsp3) is 0.889. The van der Waals surface area contributed by atoms with Gasteiger partial charge in [-0.3, -0.25) is 4.57 Å².